The number of allylic oxidation sites excluding steroid dienone is 4. The van der Waals surface area contributed by atoms with Crippen molar-refractivity contribution >= 4 is 28.4 Å². The Morgan fingerprint density at radius 1 is 0.692 bits per heavy atom. The number of hydrogen-bond acceptors (Lipinski definition) is 1. The lowest BCUT2D eigenvalue weighted by Crippen LogP contribution is -2.17. The molecule has 0 spiro atoms. The fraction of sp³-hybridized carbons (Fsp3) is 0.135. The predicted molar refractivity (Wildman–Crippen MR) is 165 cm³/mol. The molecule has 0 saturated carbocycles. The second-order valence-electron chi connectivity index (χ2n) is 10.6. The van der Waals surface area contributed by atoms with Crippen molar-refractivity contribution in [2.75, 3.05) is 4.90 Å². The maximum Gasteiger partial charge on any atom is 0.0537 e. The van der Waals surface area contributed by atoms with Crippen LogP contribution in [0.25, 0.3) is 22.7 Å². The van der Waals surface area contributed by atoms with E-state index in [1.54, 1.807) is 0 Å². The van der Waals surface area contributed by atoms with Crippen LogP contribution in [0.2, 0.25) is 0 Å². The van der Waals surface area contributed by atoms with Gasteiger partial charge in [-0.2, -0.15) is 0 Å². The second kappa shape index (κ2) is 9.96. The van der Waals surface area contributed by atoms with E-state index in [-0.39, 0.29) is 0 Å². The van der Waals surface area contributed by atoms with Gasteiger partial charge < -0.3 is 9.47 Å². The summed E-state index contributed by atoms with van der Waals surface area (Å²) in [7, 11) is 0. The van der Waals surface area contributed by atoms with Crippen molar-refractivity contribution in [1.82, 2.24) is 4.57 Å². The Bertz CT molecular complexity index is 1680. The molecule has 2 unspecified atom stereocenters. The lowest BCUT2D eigenvalue weighted by molar-refractivity contribution is 0.722. The van der Waals surface area contributed by atoms with Crippen molar-refractivity contribution in [3.63, 3.8) is 0 Å². The SMILES string of the molecule is CC1CC=Cc2c1n(-c1cccc(C3C=C(N(c4ccccc4)c4ccccc4)C=CC3)c1)c1ccccc21. The van der Waals surface area contributed by atoms with E-state index in [1.807, 2.05) is 0 Å². The summed E-state index contributed by atoms with van der Waals surface area (Å²) in [6.45, 7) is 2.35. The zero-order valence-corrected chi connectivity index (χ0v) is 22.2. The molecule has 190 valence electrons. The van der Waals surface area contributed by atoms with Gasteiger partial charge in [-0.3, -0.25) is 0 Å². The lowest BCUT2D eigenvalue weighted by atomic mass is 9.90. The first-order chi connectivity index (χ1) is 19.3. The van der Waals surface area contributed by atoms with Gasteiger partial charge in [-0.1, -0.05) is 98.0 Å². The van der Waals surface area contributed by atoms with Gasteiger partial charge in [-0.15, -0.1) is 0 Å². The summed E-state index contributed by atoms with van der Waals surface area (Å²) in [6.07, 6.45) is 13.8. The van der Waals surface area contributed by atoms with Gasteiger partial charge in [0.05, 0.1) is 5.52 Å². The number of rotatable bonds is 5. The Hall–Kier alpha value is -4.56. The molecule has 0 saturated heterocycles. The summed E-state index contributed by atoms with van der Waals surface area (Å²) in [5, 5.41) is 1.34. The van der Waals surface area contributed by atoms with Gasteiger partial charge in [0.2, 0.25) is 0 Å². The number of fused-ring (bicyclic) bond motifs is 3. The average molecular weight is 505 g/mol. The number of nitrogens with zero attached hydrogens (tertiary/aromatic N) is 2. The normalized spacial score (nSPS) is 18.1. The smallest absolute Gasteiger partial charge is 0.0537 e. The van der Waals surface area contributed by atoms with E-state index in [1.165, 1.54) is 50.5 Å². The number of anilines is 2. The highest BCUT2D eigenvalue weighted by atomic mass is 15.1. The Labute approximate surface area is 230 Å². The number of hydrogen-bond donors (Lipinski definition) is 0. The Kier molecular flexibility index (Phi) is 6.01. The molecular weight excluding hydrogens is 472 g/mol. The molecule has 7 rings (SSSR count). The Morgan fingerprint density at radius 2 is 1.38 bits per heavy atom. The molecule has 0 radical (unpaired) electrons. The molecule has 0 aliphatic heterocycles. The molecule has 2 nitrogen and oxygen atoms in total. The summed E-state index contributed by atoms with van der Waals surface area (Å²) in [4.78, 5) is 2.36. The van der Waals surface area contributed by atoms with Crippen LogP contribution < -0.4 is 4.90 Å². The van der Waals surface area contributed by atoms with Crippen LogP contribution in [0, 0.1) is 0 Å². The van der Waals surface area contributed by atoms with Crippen molar-refractivity contribution in [2.45, 2.75) is 31.6 Å². The monoisotopic (exact) mass is 504 g/mol. The van der Waals surface area contributed by atoms with Crippen LogP contribution in [0.1, 0.15) is 48.4 Å². The average Bonchev–Trinajstić information content (AvgIpc) is 3.35. The van der Waals surface area contributed by atoms with Crippen molar-refractivity contribution in [1.29, 1.82) is 0 Å². The first kappa shape index (κ1) is 23.5. The molecule has 2 aliphatic rings. The second-order valence-corrected chi connectivity index (χ2v) is 10.6. The quantitative estimate of drug-likeness (QED) is 0.231. The highest BCUT2D eigenvalue weighted by Crippen LogP contribution is 2.40. The van der Waals surface area contributed by atoms with Crippen LogP contribution in [0.4, 0.5) is 11.4 Å². The zero-order valence-electron chi connectivity index (χ0n) is 22.2. The molecule has 0 fully saturated rings. The molecule has 5 aromatic rings. The summed E-state index contributed by atoms with van der Waals surface area (Å²) in [5.41, 5.74) is 10.2. The van der Waals surface area contributed by atoms with Gasteiger partial charge in [0, 0.05) is 51.2 Å². The highest BCUT2D eigenvalue weighted by molar-refractivity contribution is 5.93. The van der Waals surface area contributed by atoms with Gasteiger partial charge in [0.1, 0.15) is 0 Å². The molecule has 39 heavy (non-hydrogen) atoms. The van der Waals surface area contributed by atoms with Crippen LogP contribution in [-0.4, -0.2) is 4.57 Å². The van der Waals surface area contributed by atoms with Crippen molar-refractivity contribution in [3.05, 3.63) is 156 Å². The molecular formula is C37H32N2. The van der Waals surface area contributed by atoms with Gasteiger partial charge in [0.15, 0.2) is 0 Å². The van der Waals surface area contributed by atoms with Gasteiger partial charge in [-0.25, -0.2) is 0 Å². The molecule has 2 atom stereocenters. The van der Waals surface area contributed by atoms with Gasteiger partial charge in [-0.05, 0) is 66.9 Å². The van der Waals surface area contributed by atoms with E-state index in [2.05, 4.69) is 156 Å². The van der Waals surface area contributed by atoms with E-state index in [4.69, 9.17) is 0 Å². The van der Waals surface area contributed by atoms with E-state index >= 15 is 0 Å². The van der Waals surface area contributed by atoms with E-state index in [9.17, 15) is 0 Å². The molecule has 0 amide bonds. The standard InChI is InChI=1S/C37H32N2/c1-27-13-10-23-35-34-22-8-9-24-36(34)39(37(27)35)33-21-12-15-29(26-33)28-14-11-20-32(25-28)38(30-16-4-2-5-17-30)31-18-6-3-7-19-31/h2-12,15-28H,13-14H2,1H3. The molecule has 1 heterocycles. The van der Waals surface area contributed by atoms with Crippen LogP contribution in [0.15, 0.2) is 139 Å². The minimum Gasteiger partial charge on any atom is -0.313 e. The van der Waals surface area contributed by atoms with Crippen LogP contribution in [-0.2, 0) is 0 Å². The zero-order chi connectivity index (χ0) is 26.2. The minimum atomic E-state index is 0.301. The Morgan fingerprint density at radius 3 is 2.15 bits per heavy atom. The number of benzene rings is 4. The maximum atomic E-state index is 2.51. The highest BCUT2D eigenvalue weighted by Gasteiger charge is 2.24. The van der Waals surface area contributed by atoms with Crippen molar-refractivity contribution in [2.24, 2.45) is 0 Å². The number of aromatic nitrogens is 1. The molecule has 0 N–H and O–H groups in total. The van der Waals surface area contributed by atoms with Crippen molar-refractivity contribution < 1.29 is 0 Å². The summed E-state index contributed by atoms with van der Waals surface area (Å²) < 4.78 is 2.51. The largest absolute Gasteiger partial charge is 0.313 e. The van der Waals surface area contributed by atoms with Crippen LogP contribution in [0.3, 0.4) is 0 Å². The first-order valence-corrected chi connectivity index (χ1v) is 14.0. The maximum absolute atomic E-state index is 2.51. The topological polar surface area (TPSA) is 8.17 Å². The predicted octanol–water partition coefficient (Wildman–Crippen LogP) is 9.92. The summed E-state index contributed by atoms with van der Waals surface area (Å²) >= 11 is 0. The van der Waals surface area contributed by atoms with Crippen LogP contribution >= 0.6 is 0 Å². The minimum absolute atomic E-state index is 0.301. The summed E-state index contributed by atoms with van der Waals surface area (Å²) in [6, 6.07) is 39.4. The van der Waals surface area contributed by atoms with Gasteiger partial charge in [0.25, 0.3) is 0 Å². The number of para-hydroxylation sites is 3. The summed E-state index contributed by atoms with van der Waals surface area (Å²) in [5.74, 6) is 0.783. The fourth-order valence-corrected chi connectivity index (χ4v) is 6.27. The third-order valence-electron chi connectivity index (χ3n) is 8.09. The fourth-order valence-electron chi connectivity index (χ4n) is 6.27. The molecule has 2 aliphatic carbocycles. The van der Waals surface area contributed by atoms with Crippen LogP contribution in [0.5, 0.6) is 0 Å². The van der Waals surface area contributed by atoms with Gasteiger partial charge >= 0.3 is 0 Å². The molecule has 0 bridgehead atoms. The molecule has 1 aromatic heterocycles. The first-order valence-electron chi connectivity index (χ1n) is 14.0. The van der Waals surface area contributed by atoms with E-state index < -0.39 is 0 Å². The third-order valence-corrected chi connectivity index (χ3v) is 8.09. The van der Waals surface area contributed by atoms with E-state index in [0.717, 1.165) is 12.8 Å². The van der Waals surface area contributed by atoms with Crippen molar-refractivity contribution in [3.8, 4) is 5.69 Å². The third kappa shape index (κ3) is 4.23. The molecule has 2 heteroatoms. The van der Waals surface area contributed by atoms with E-state index in [0.29, 0.717) is 11.8 Å². The lowest BCUT2D eigenvalue weighted by Gasteiger charge is -2.29. The Balaban J connectivity index is 1.32. The molecule has 4 aromatic carbocycles.